The summed E-state index contributed by atoms with van der Waals surface area (Å²) in [6, 6.07) is 11.8. The van der Waals surface area contributed by atoms with E-state index in [1.54, 1.807) is 30.3 Å². The van der Waals surface area contributed by atoms with Crippen molar-refractivity contribution >= 4 is 11.9 Å². The van der Waals surface area contributed by atoms with E-state index in [1.807, 2.05) is 0 Å². The van der Waals surface area contributed by atoms with Gasteiger partial charge in [-0.2, -0.15) is 0 Å². The van der Waals surface area contributed by atoms with Gasteiger partial charge in [0.25, 0.3) is 0 Å². The maximum Gasteiger partial charge on any atom is 0.333 e. The van der Waals surface area contributed by atoms with Gasteiger partial charge in [0.05, 0.1) is 20.1 Å². The van der Waals surface area contributed by atoms with E-state index >= 15 is 0 Å². The Balaban J connectivity index is 2.03. The molecule has 0 saturated carbocycles. The average Bonchev–Trinajstić information content (AvgIpc) is 2.70. The van der Waals surface area contributed by atoms with Gasteiger partial charge in [0.15, 0.2) is 6.04 Å². The molecule has 0 radical (unpaired) electrons. The third-order valence-corrected chi connectivity index (χ3v) is 4.53. The second-order valence-electron chi connectivity index (χ2n) is 7.10. The monoisotopic (exact) mass is 401 g/mol. The summed E-state index contributed by atoms with van der Waals surface area (Å²) < 4.78 is 23.9. The van der Waals surface area contributed by atoms with E-state index in [2.05, 4.69) is 19.2 Å². The molecule has 0 fully saturated rings. The molecule has 0 spiro atoms. The molecule has 2 aromatic carbocycles. The number of carbonyl (C=O) groups excluding carboxylic acids is 2. The van der Waals surface area contributed by atoms with Gasteiger partial charge in [0, 0.05) is 0 Å². The van der Waals surface area contributed by atoms with Crippen LogP contribution in [0.5, 0.6) is 5.75 Å². The molecule has 0 aliphatic heterocycles. The zero-order chi connectivity index (χ0) is 21.2. The Kier molecular flexibility index (Phi) is 8.65. The summed E-state index contributed by atoms with van der Waals surface area (Å²) in [6.07, 6.45) is 2.17. The van der Waals surface area contributed by atoms with Gasteiger partial charge >= 0.3 is 5.97 Å². The van der Waals surface area contributed by atoms with Crippen molar-refractivity contribution in [1.29, 1.82) is 0 Å². The number of carbonyl (C=O) groups is 2. The van der Waals surface area contributed by atoms with Gasteiger partial charge < -0.3 is 14.8 Å². The van der Waals surface area contributed by atoms with Crippen LogP contribution in [0.3, 0.4) is 0 Å². The first-order valence-corrected chi connectivity index (χ1v) is 9.77. The van der Waals surface area contributed by atoms with E-state index in [-0.39, 0.29) is 6.42 Å². The molecule has 0 bridgehead atoms. The molecule has 1 amide bonds. The largest absolute Gasteiger partial charge is 0.493 e. The lowest BCUT2D eigenvalue weighted by molar-refractivity contribution is -0.145. The Morgan fingerprint density at radius 1 is 1.14 bits per heavy atom. The molecule has 1 N–H and O–H groups in total. The fraction of sp³-hybridized carbons (Fsp3) is 0.391. The van der Waals surface area contributed by atoms with E-state index in [0.717, 1.165) is 12.8 Å². The minimum absolute atomic E-state index is 0.0399. The molecule has 6 heteroatoms. The molecule has 0 aliphatic carbocycles. The maximum absolute atomic E-state index is 13.3. The Morgan fingerprint density at radius 3 is 2.48 bits per heavy atom. The number of amides is 1. The zero-order valence-electron chi connectivity index (χ0n) is 17.1. The zero-order valence-corrected chi connectivity index (χ0v) is 17.1. The number of rotatable bonds is 10. The van der Waals surface area contributed by atoms with E-state index in [0.29, 0.717) is 29.4 Å². The van der Waals surface area contributed by atoms with E-state index in [1.165, 1.54) is 25.3 Å². The summed E-state index contributed by atoms with van der Waals surface area (Å²) in [4.78, 5) is 24.6. The highest BCUT2D eigenvalue weighted by Gasteiger charge is 2.23. The van der Waals surface area contributed by atoms with Gasteiger partial charge in [-0.05, 0) is 47.7 Å². The van der Waals surface area contributed by atoms with Crippen molar-refractivity contribution in [1.82, 2.24) is 5.32 Å². The maximum atomic E-state index is 13.3. The highest BCUT2D eigenvalue weighted by atomic mass is 19.1. The minimum atomic E-state index is -0.950. The van der Waals surface area contributed by atoms with Crippen LogP contribution in [0.2, 0.25) is 0 Å². The first-order valence-electron chi connectivity index (χ1n) is 9.77. The van der Waals surface area contributed by atoms with Crippen LogP contribution in [-0.2, 0) is 20.7 Å². The summed E-state index contributed by atoms with van der Waals surface area (Å²) in [5, 5.41) is 2.66. The number of hydrogen-bond donors (Lipinski definition) is 1. The van der Waals surface area contributed by atoms with Crippen LogP contribution in [0.1, 0.15) is 43.9 Å². The normalized spacial score (nSPS) is 12.7. The average molecular weight is 401 g/mol. The summed E-state index contributed by atoms with van der Waals surface area (Å²) in [7, 11) is 1.26. The summed E-state index contributed by atoms with van der Waals surface area (Å²) in [6.45, 7) is 4.90. The highest BCUT2D eigenvalue weighted by Crippen LogP contribution is 2.20. The molecular formula is C23H28FNO4. The molecule has 2 aromatic rings. The van der Waals surface area contributed by atoms with Crippen molar-refractivity contribution in [2.24, 2.45) is 5.92 Å². The van der Waals surface area contributed by atoms with Crippen LogP contribution in [0, 0.1) is 11.7 Å². The molecule has 5 nitrogen and oxygen atoms in total. The number of halogens is 1. The molecule has 0 heterocycles. The molecule has 2 rings (SSSR count). The van der Waals surface area contributed by atoms with Crippen LogP contribution in [0.4, 0.5) is 4.39 Å². The number of hydrogen-bond acceptors (Lipinski definition) is 4. The topological polar surface area (TPSA) is 64.6 Å². The van der Waals surface area contributed by atoms with Crippen LogP contribution in [0.25, 0.3) is 0 Å². The van der Waals surface area contributed by atoms with Gasteiger partial charge in [-0.15, -0.1) is 0 Å². The number of methoxy groups -OCH3 is 1. The Labute approximate surface area is 171 Å². The van der Waals surface area contributed by atoms with Gasteiger partial charge in [-0.3, -0.25) is 4.79 Å². The van der Waals surface area contributed by atoms with Crippen LogP contribution in [0.15, 0.2) is 48.5 Å². The predicted molar refractivity (Wildman–Crippen MR) is 109 cm³/mol. The second-order valence-corrected chi connectivity index (χ2v) is 7.10. The lowest BCUT2D eigenvalue weighted by Crippen LogP contribution is -2.35. The van der Waals surface area contributed by atoms with E-state index < -0.39 is 23.7 Å². The summed E-state index contributed by atoms with van der Waals surface area (Å²) >= 11 is 0. The van der Waals surface area contributed by atoms with Gasteiger partial charge in [-0.25, -0.2) is 9.18 Å². The quantitative estimate of drug-likeness (QED) is 0.606. The van der Waals surface area contributed by atoms with Crippen molar-refractivity contribution in [3.63, 3.8) is 0 Å². The van der Waals surface area contributed by atoms with Crippen LogP contribution in [-0.4, -0.2) is 25.6 Å². The molecule has 0 aromatic heterocycles. The molecule has 156 valence electrons. The standard InChI is InChI=1S/C23H28FNO4/c1-4-6-16(2)15-29-20-11-9-18(10-12-20)22(23(27)28-3)25-21(26)14-17-7-5-8-19(24)13-17/h5,7-13,16,22H,4,6,14-15H2,1-3H3,(H,25,26)/t16?,22-/m1/s1. The first kappa shape index (κ1) is 22.4. The Morgan fingerprint density at radius 2 is 1.86 bits per heavy atom. The molecule has 29 heavy (non-hydrogen) atoms. The number of esters is 1. The fourth-order valence-corrected chi connectivity index (χ4v) is 3.01. The van der Waals surface area contributed by atoms with Crippen LogP contribution >= 0.6 is 0 Å². The lowest BCUT2D eigenvalue weighted by atomic mass is 10.1. The number of benzene rings is 2. The molecular weight excluding hydrogens is 373 g/mol. The van der Waals surface area contributed by atoms with Gasteiger partial charge in [0.1, 0.15) is 11.6 Å². The SMILES string of the molecule is CCCC(C)COc1ccc([C@@H](NC(=O)Cc2cccc(F)c2)C(=O)OC)cc1. The Hall–Kier alpha value is -2.89. The fourth-order valence-electron chi connectivity index (χ4n) is 3.01. The highest BCUT2D eigenvalue weighted by molar-refractivity contribution is 5.86. The third-order valence-electron chi connectivity index (χ3n) is 4.53. The summed E-state index contributed by atoms with van der Waals surface area (Å²) in [5.74, 6) is -0.234. The predicted octanol–water partition coefficient (Wildman–Crippen LogP) is 4.21. The number of nitrogens with one attached hydrogen (secondary N) is 1. The lowest BCUT2D eigenvalue weighted by Gasteiger charge is -2.18. The van der Waals surface area contributed by atoms with E-state index in [4.69, 9.17) is 9.47 Å². The van der Waals surface area contributed by atoms with Crippen molar-refractivity contribution < 1.29 is 23.5 Å². The van der Waals surface area contributed by atoms with Crippen LogP contribution < -0.4 is 10.1 Å². The smallest absolute Gasteiger partial charge is 0.333 e. The molecule has 2 atom stereocenters. The van der Waals surface area contributed by atoms with Gasteiger partial charge in [0.2, 0.25) is 5.91 Å². The molecule has 1 unspecified atom stereocenters. The van der Waals surface area contributed by atoms with Crippen molar-refractivity contribution in [3.05, 3.63) is 65.5 Å². The van der Waals surface area contributed by atoms with Crippen molar-refractivity contribution in [2.75, 3.05) is 13.7 Å². The summed E-state index contributed by atoms with van der Waals surface area (Å²) in [5.41, 5.74) is 1.11. The van der Waals surface area contributed by atoms with Crippen molar-refractivity contribution in [2.45, 2.75) is 39.2 Å². The van der Waals surface area contributed by atoms with Crippen molar-refractivity contribution in [3.8, 4) is 5.75 Å². The minimum Gasteiger partial charge on any atom is -0.493 e. The van der Waals surface area contributed by atoms with Gasteiger partial charge in [-0.1, -0.05) is 44.5 Å². The van der Waals surface area contributed by atoms with E-state index in [9.17, 15) is 14.0 Å². The third kappa shape index (κ3) is 7.22. The first-order chi connectivity index (χ1) is 13.9. The second kappa shape index (κ2) is 11.2. The Bertz CT molecular complexity index is 807. The molecule has 0 aliphatic rings. The number of ether oxygens (including phenoxy) is 2. The molecule has 0 saturated heterocycles.